The predicted molar refractivity (Wildman–Crippen MR) is 166 cm³/mol. The SMILES string of the molecule is Cc1cc(-c2cc(-c3ccccc3)nc(-c3ccccc3)c2-c2ccccc2)c2c(C)ccc(C(C)C)cc1-2. The van der Waals surface area contributed by atoms with E-state index in [0.29, 0.717) is 5.92 Å². The minimum absolute atomic E-state index is 0.466. The summed E-state index contributed by atoms with van der Waals surface area (Å²) in [5.74, 6) is 0.466. The lowest BCUT2D eigenvalue weighted by Gasteiger charge is -2.18. The van der Waals surface area contributed by atoms with E-state index >= 15 is 0 Å². The monoisotopic (exact) mass is 503 g/mol. The smallest absolute Gasteiger partial charge is 0.0794 e. The maximum atomic E-state index is 5.33. The van der Waals surface area contributed by atoms with Crippen LogP contribution in [0.2, 0.25) is 0 Å². The van der Waals surface area contributed by atoms with Crippen molar-refractivity contribution in [3.05, 3.63) is 138 Å². The van der Waals surface area contributed by atoms with Gasteiger partial charge in [-0.3, -0.25) is 0 Å². The molecule has 1 nitrogen and oxygen atoms in total. The zero-order valence-electron chi connectivity index (χ0n) is 23.1. The van der Waals surface area contributed by atoms with E-state index < -0.39 is 0 Å². The van der Waals surface area contributed by atoms with Crippen LogP contribution in [0.1, 0.15) is 36.5 Å². The van der Waals surface area contributed by atoms with Crippen LogP contribution in [-0.2, 0) is 0 Å². The van der Waals surface area contributed by atoms with Crippen molar-refractivity contribution in [3.63, 3.8) is 0 Å². The van der Waals surface area contributed by atoms with Crippen molar-refractivity contribution in [1.82, 2.24) is 4.98 Å². The molecule has 0 aliphatic heterocycles. The second-order valence-corrected chi connectivity index (χ2v) is 10.7. The molecular formula is C38H33N. The standard InChI is InChI=1S/C38H33N/c1-25(2)31-21-20-26(3)36-32(23-31)27(4)22-33(36)34-24-35(28-14-8-5-9-15-28)39-38(30-18-12-7-13-19-30)37(34)29-16-10-6-11-17-29/h5-25H,1-4H3. The molecule has 2 aliphatic rings. The Morgan fingerprint density at radius 1 is 0.487 bits per heavy atom. The zero-order chi connectivity index (χ0) is 26.9. The fourth-order valence-electron chi connectivity index (χ4n) is 5.63. The maximum Gasteiger partial charge on any atom is 0.0794 e. The highest BCUT2D eigenvalue weighted by atomic mass is 14.7. The van der Waals surface area contributed by atoms with Gasteiger partial charge in [-0.15, -0.1) is 0 Å². The van der Waals surface area contributed by atoms with Crippen molar-refractivity contribution in [2.45, 2.75) is 33.6 Å². The largest absolute Gasteiger partial charge is 0.247 e. The lowest BCUT2D eigenvalue weighted by atomic mass is 9.88. The van der Waals surface area contributed by atoms with Gasteiger partial charge in [0, 0.05) is 16.7 Å². The maximum absolute atomic E-state index is 5.33. The summed E-state index contributed by atoms with van der Waals surface area (Å²) >= 11 is 0. The predicted octanol–water partition coefficient (Wildman–Crippen LogP) is 10.6. The average molecular weight is 504 g/mol. The van der Waals surface area contributed by atoms with E-state index in [2.05, 4.69) is 149 Å². The van der Waals surface area contributed by atoms with Crippen LogP contribution in [-0.4, -0.2) is 4.98 Å². The zero-order valence-corrected chi connectivity index (χ0v) is 23.1. The normalized spacial score (nSPS) is 11.3. The highest BCUT2D eigenvalue weighted by Gasteiger charge is 2.24. The van der Waals surface area contributed by atoms with Gasteiger partial charge in [0.15, 0.2) is 0 Å². The summed E-state index contributed by atoms with van der Waals surface area (Å²) in [6.45, 7) is 9.03. The van der Waals surface area contributed by atoms with E-state index in [9.17, 15) is 0 Å². The third kappa shape index (κ3) is 4.66. The Balaban J connectivity index is 1.74. The molecule has 0 bridgehead atoms. The first kappa shape index (κ1) is 24.8. The van der Waals surface area contributed by atoms with Crippen LogP contribution in [0.5, 0.6) is 0 Å². The molecule has 0 saturated carbocycles. The van der Waals surface area contributed by atoms with E-state index in [-0.39, 0.29) is 0 Å². The minimum Gasteiger partial charge on any atom is -0.247 e. The first-order valence-electron chi connectivity index (χ1n) is 13.8. The van der Waals surface area contributed by atoms with Gasteiger partial charge in [0.1, 0.15) is 0 Å². The number of aryl methyl sites for hydroxylation is 2. The van der Waals surface area contributed by atoms with Gasteiger partial charge >= 0.3 is 0 Å². The molecule has 2 aliphatic carbocycles. The van der Waals surface area contributed by atoms with E-state index in [0.717, 1.165) is 22.5 Å². The minimum atomic E-state index is 0.466. The van der Waals surface area contributed by atoms with E-state index in [1.165, 1.54) is 50.1 Å². The second-order valence-electron chi connectivity index (χ2n) is 10.7. The Hall–Kier alpha value is -4.49. The molecule has 0 amide bonds. The molecule has 0 unspecified atom stereocenters. The quantitative estimate of drug-likeness (QED) is 0.228. The summed E-state index contributed by atoms with van der Waals surface area (Å²) in [6.07, 6.45) is 0. The van der Waals surface area contributed by atoms with Crippen molar-refractivity contribution in [1.29, 1.82) is 0 Å². The van der Waals surface area contributed by atoms with Gasteiger partial charge in [-0.2, -0.15) is 0 Å². The number of rotatable bonds is 5. The molecular weight excluding hydrogens is 470 g/mol. The summed E-state index contributed by atoms with van der Waals surface area (Å²) < 4.78 is 0. The number of pyridine rings is 1. The molecule has 0 fully saturated rings. The van der Waals surface area contributed by atoms with Gasteiger partial charge in [0.25, 0.3) is 0 Å². The van der Waals surface area contributed by atoms with Crippen LogP contribution in [0.4, 0.5) is 0 Å². The Morgan fingerprint density at radius 2 is 1.05 bits per heavy atom. The van der Waals surface area contributed by atoms with Gasteiger partial charge in [-0.25, -0.2) is 4.98 Å². The van der Waals surface area contributed by atoms with Gasteiger partial charge in [0.2, 0.25) is 0 Å². The molecule has 0 radical (unpaired) electrons. The molecule has 1 heterocycles. The fourth-order valence-corrected chi connectivity index (χ4v) is 5.63. The van der Waals surface area contributed by atoms with Gasteiger partial charge in [-0.1, -0.05) is 129 Å². The summed E-state index contributed by atoms with van der Waals surface area (Å²) in [6, 6.07) is 43.5. The van der Waals surface area contributed by atoms with Crippen LogP contribution in [0, 0.1) is 13.8 Å². The molecule has 0 N–H and O–H groups in total. The van der Waals surface area contributed by atoms with Gasteiger partial charge in [-0.05, 0) is 70.3 Å². The highest BCUT2D eigenvalue weighted by molar-refractivity contribution is 6.01. The molecule has 1 aromatic heterocycles. The first-order chi connectivity index (χ1) is 19.0. The molecule has 0 spiro atoms. The summed E-state index contributed by atoms with van der Waals surface area (Å²) in [5, 5.41) is 0. The third-order valence-corrected chi connectivity index (χ3v) is 7.71. The fraction of sp³-hybridized carbons (Fsp3) is 0.132. The molecule has 0 saturated heterocycles. The van der Waals surface area contributed by atoms with Gasteiger partial charge in [0.05, 0.1) is 11.4 Å². The molecule has 190 valence electrons. The molecule has 6 rings (SSSR count). The third-order valence-electron chi connectivity index (χ3n) is 7.71. The average Bonchev–Trinajstić information content (AvgIpc) is 3.19. The molecule has 1 heteroatoms. The molecule has 39 heavy (non-hydrogen) atoms. The number of aromatic nitrogens is 1. The summed E-state index contributed by atoms with van der Waals surface area (Å²) in [4.78, 5) is 5.33. The van der Waals surface area contributed by atoms with E-state index in [1.54, 1.807) is 0 Å². The van der Waals surface area contributed by atoms with Crippen LogP contribution in [0.25, 0.3) is 55.9 Å². The number of nitrogens with zero attached hydrogens (tertiary/aromatic N) is 1. The lowest BCUT2D eigenvalue weighted by molar-refractivity contribution is 0.868. The van der Waals surface area contributed by atoms with Crippen molar-refractivity contribution >= 4 is 0 Å². The topological polar surface area (TPSA) is 12.9 Å². The van der Waals surface area contributed by atoms with Crippen LogP contribution >= 0.6 is 0 Å². The Labute approximate surface area is 232 Å². The van der Waals surface area contributed by atoms with E-state index in [4.69, 9.17) is 4.98 Å². The lowest BCUT2D eigenvalue weighted by Crippen LogP contribution is -1.97. The Kier molecular flexibility index (Phi) is 6.59. The van der Waals surface area contributed by atoms with E-state index in [1.807, 2.05) is 0 Å². The second kappa shape index (κ2) is 10.3. The Morgan fingerprint density at radius 3 is 1.67 bits per heavy atom. The van der Waals surface area contributed by atoms with Crippen LogP contribution in [0.15, 0.2) is 121 Å². The van der Waals surface area contributed by atoms with Crippen LogP contribution in [0.3, 0.4) is 0 Å². The molecule has 0 atom stereocenters. The van der Waals surface area contributed by atoms with Crippen LogP contribution < -0.4 is 0 Å². The van der Waals surface area contributed by atoms with Crippen molar-refractivity contribution in [2.75, 3.05) is 0 Å². The number of fused-ring (bicyclic) bond motifs is 1. The number of benzene rings is 3. The van der Waals surface area contributed by atoms with Crippen molar-refractivity contribution in [3.8, 4) is 55.9 Å². The first-order valence-corrected chi connectivity index (χ1v) is 13.8. The van der Waals surface area contributed by atoms with Crippen molar-refractivity contribution in [2.24, 2.45) is 0 Å². The molecule has 4 aromatic rings. The molecule has 3 aromatic carbocycles. The Bertz CT molecular complexity index is 1710. The number of hydrogen-bond donors (Lipinski definition) is 0. The number of hydrogen-bond acceptors (Lipinski definition) is 1. The summed E-state index contributed by atoms with van der Waals surface area (Å²) in [7, 11) is 0. The highest BCUT2D eigenvalue weighted by Crippen LogP contribution is 2.47. The van der Waals surface area contributed by atoms with Gasteiger partial charge < -0.3 is 0 Å². The van der Waals surface area contributed by atoms with Crippen molar-refractivity contribution < 1.29 is 0 Å². The summed E-state index contributed by atoms with van der Waals surface area (Å²) in [5.41, 5.74) is 15.7.